The van der Waals surface area contributed by atoms with Crippen LogP contribution >= 0.6 is 34.7 Å². The lowest BCUT2D eigenvalue weighted by Gasteiger charge is -2.06. The molecule has 0 aliphatic heterocycles. The van der Waals surface area contributed by atoms with E-state index in [-0.39, 0.29) is 10.9 Å². The molecule has 1 aromatic heterocycles. The van der Waals surface area contributed by atoms with Gasteiger partial charge in [0, 0.05) is 9.92 Å². The van der Waals surface area contributed by atoms with Crippen molar-refractivity contribution in [3.8, 4) is 0 Å². The van der Waals surface area contributed by atoms with E-state index in [1.807, 2.05) is 30.3 Å². The molecular weight excluding hydrogens is 398 g/mol. The number of aromatic nitrogens is 2. The lowest BCUT2D eigenvalue weighted by Crippen LogP contribution is -2.15. The highest BCUT2D eigenvalue weighted by molar-refractivity contribution is 7.98. The van der Waals surface area contributed by atoms with Crippen molar-refractivity contribution in [2.75, 3.05) is 4.72 Å². The summed E-state index contributed by atoms with van der Waals surface area (Å²) in [6, 6.07) is 16.8. The molecule has 9 heteroatoms. The van der Waals surface area contributed by atoms with Crippen molar-refractivity contribution in [2.24, 2.45) is 0 Å². The van der Waals surface area contributed by atoms with Gasteiger partial charge in [-0.05, 0) is 23.8 Å². The Hall–Kier alpha value is -1.61. The van der Waals surface area contributed by atoms with Crippen LogP contribution in [0.2, 0.25) is 5.02 Å². The van der Waals surface area contributed by atoms with Crippen molar-refractivity contribution < 1.29 is 8.42 Å². The second kappa shape index (κ2) is 8.18. The molecule has 0 spiro atoms. The summed E-state index contributed by atoms with van der Waals surface area (Å²) in [7, 11) is -3.60. The Morgan fingerprint density at radius 1 is 1.04 bits per heavy atom. The Kier molecular flexibility index (Phi) is 5.95. The summed E-state index contributed by atoms with van der Waals surface area (Å²) < 4.78 is 27.0. The van der Waals surface area contributed by atoms with Crippen molar-refractivity contribution in [1.82, 2.24) is 10.2 Å². The molecule has 0 bridgehead atoms. The number of sulfonamides is 1. The number of rotatable bonds is 7. The molecule has 0 atom stereocenters. The maximum atomic E-state index is 12.3. The van der Waals surface area contributed by atoms with Crippen LogP contribution in [0, 0.1) is 0 Å². The molecule has 2 aromatic carbocycles. The molecule has 25 heavy (non-hydrogen) atoms. The smallest absolute Gasteiger partial charge is 0.238 e. The minimum absolute atomic E-state index is 0.208. The fourth-order valence-corrected chi connectivity index (χ4v) is 5.37. The summed E-state index contributed by atoms with van der Waals surface area (Å²) >= 11 is 8.87. The van der Waals surface area contributed by atoms with Crippen molar-refractivity contribution in [2.45, 2.75) is 16.4 Å². The van der Waals surface area contributed by atoms with Crippen LogP contribution in [-0.4, -0.2) is 18.6 Å². The molecule has 0 fully saturated rings. The van der Waals surface area contributed by atoms with Crippen molar-refractivity contribution in [3.05, 3.63) is 70.2 Å². The van der Waals surface area contributed by atoms with Gasteiger partial charge in [-0.15, -0.1) is 22.0 Å². The quantitative estimate of drug-likeness (QED) is 0.582. The molecule has 0 aliphatic carbocycles. The molecule has 0 saturated heterocycles. The highest BCUT2D eigenvalue weighted by Gasteiger charge is 2.16. The van der Waals surface area contributed by atoms with E-state index in [9.17, 15) is 8.42 Å². The summed E-state index contributed by atoms with van der Waals surface area (Å²) in [6.45, 7) is 0. The van der Waals surface area contributed by atoms with E-state index in [0.29, 0.717) is 16.3 Å². The lowest BCUT2D eigenvalue weighted by atomic mass is 10.2. The molecule has 3 aromatic rings. The molecule has 0 amide bonds. The SMILES string of the molecule is O=S(=O)(Cc1ccccc1Cl)Nc1nnc(CSc2ccccc2)s1. The van der Waals surface area contributed by atoms with Crippen LogP contribution in [0.3, 0.4) is 0 Å². The third-order valence-corrected chi connectivity index (χ3v) is 6.86. The molecule has 3 rings (SSSR count). The summed E-state index contributed by atoms with van der Waals surface area (Å²) in [5, 5.41) is 9.38. The van der Waals surface area contributed by atoms with Gasteiger partial charge in [0.05, 0.1) is 11.5 Å². The van der Waals surface area contributed by atoms with Crippen LogP contribution in [0.5, 0.6) is 0 Å². The number of thioether (sulfide) groups is 1. The molecule has 0 radical (unpaired) electrons. The van der Waals surface area contributed by atoms with Crippen LogP contribution in [0.1, 0.15) is 10.6 Å². The van der Waals surface area contributed by atoms with Crippen molar-refractivity contribution in [1.29, 1.82) is 0 Å². The van der Waals surface area contributed by atoms with Gasteiger partial charge < -0.3 is 0 Å². The number of halogens is 1. The normalized spacial score (nSPS) is 11.4. The number of nitrogens with one attached hydrogen (secondary N) is 1. The van der Waals surface area contributed by atoms with Gasteiger partial charge in [-0.3, -0.25) is 4.72 Å². The molecule has 0 saturated carbocycles. The van der Waals surface area contributed by atoms with Crippen LogP contribution < -0.4 is 4.72 Å². The molecule has 5 nitrogen and oxygen atoms in total. The lowest BCUT2D eigenvalue weighted by molar-refractivity contribution is 0.600. The minimum atomic E-state index is -3.60. The highest BCUT2D eigenvalue weighted by Crippen LogP contribution is 2.26. The van der Waals surface area contributed by atoms with Gasteiger partial charge in [0.2, 0.25) is 15.2 Å². The van der Waals surface area contributed by atoms with Crippen LogP contribution in [0.4, 0.5) is 5.13 Å². The molecule has 130 valence electrons. The summed E-state index contributed by atoms with van der Waals surface area (Å²) in [6.07, 6.45) is 0. The number of benzene rings is 2. The number of hydrogen-bond donors (Lipinski definition) is 1. The second-order valence-electron chi connectivity index (χ2n) is 5.06. The van der Waals surface area contributed by atoms with Gasteiger partial charge in [0.1, 0.15) is 5.01 Å². The van der Waals surface area contributed by atoms with E-state index in [1.54, 1.807) is 36.0 Å². The molecule has 1 N–H and O–H groups in total. The zero-order valence-corrected chi connectivity index (χ0v) is 16.1. The van der Waals surface area contributed by atoms with Gasteiger partial charge in [-0.2, -0.15) is 0 Å². The van der Waals surface area contributed by atoms with Crippen LogP contribution in [-0.2, 0) is 21.5 Å². The largest absolute Gasteiger partial charge is 0.257 e. The fraction of sp³-hybridized carbons (Fsp3) is 0.125. The van der Waals surface area contributed by atoms with Crippen molar-refractivity contribution in [3.63, 3.8) is 0 Å². The Labute approximate surface area is 159 Å². The second-order valence-corrected chi connectivity index (χ2v) is 9.30. The molecule has 0 aliphatic rings. The average Bonchev–Trinajstić information content (AvgIpc) is 3.02. The number of hydrogen-bond acceptors (Lipinski definition) is 6. The van der Waals surface area contributed by atoms with Gasteiger partial charge in [0.25, 0.3) is 0 Å². The topological polar surface area (TPSA) is 72.0 Å². The van der Waals surface area contributed by atoms with E-state index in [1.165, 1.54) is 11.3 Å². The summed E-state index contributed by atoms with van der Waals surface area (Å²) in [4.78, 5) is 1.12. The maximum Gasteiger partial charge on any atom is 0.238 e. The van der Waals surface area contributed by atoms with E-state index in [4.69, 9.17) is 11.6 Å². The maximum absolute atomic E-state index is 12.3. The number of anilines is 1. The molecule has 0 unspecified atom stereocenters. The Morgan fingerprint density at radius 2 is 1.76 bits per heavy atom. The standard InChI is InChI=1S/C16H14ClN3O2S3/c17-14-9-5-4-6-12(14)11-25(21,22)20-16-19-18-15(24-16)10-23-13-7-2-1-3-8-13/h1-9H,10-11H2,(H,19,20). The molecule has 1 heterocycles. The fourth-order valence-electron chi connectivity index (χ4n) is 2.00. The summed E-state index contributed by atoms with van der Waals surface area (Å²) in [5.41, 5.74) is 0.543. The van der Waals surface area contributed by atoms with Crippen molar-refractivity contribution >= 4 is 49.9 Å². The van der Waals surface area contributed by atoms with Gasteiger partial charge in [-0.25, -0.2) is 8.42 Å². The zero-order valence-electron chi connectivity index (χ0n) is 12.9. The monoisotopic (exact) mass is 411 g/mol. The highest BCUT2D eigenvalue weighted by atomic mass is 35.5. The first-order valence-corrected chi connectivity index (χ1v) is 11.1. The average molecular weight is 412 g/mol. The van der Waals surface area contributed by atoms with E-state index in [0.717, 1.165) is 9.90 Å². The van der Waals surface area contributed by atoms with E-state index in [2.05, 4.69) is 14.9 Å². The van der Waals surface area contributed by atoms with Gasteiger partial charge >= 0.3 is 0 Å². The zero-order chi connectivity index (χ0) is 17.7. The van der Waals surface area contributed by atoms with Gasteiger partial charge in [-0.1, -0.05) is 59.3 Å². The Balaban J connectivity index is 1.61. The Morgan fingerprint density at radius 3 is 2.52 bits per heavy atom. The van der Waals surface area contributed by atoms with E-state index < -0.39 is 10.0 Å². The third-order valence-electron chi connectivity index (χ3n) is 3.12. The number of nitrogens with zero attached hydrogens (tertiary/aromatic N) is 2. The first-order chi connectivity index (χ1) is 12.0. The van der Waals surface area contributed by atoms with Gasteiger partial charge in [0.15, 0.2) is 0 Å². The predicted octanol–water partition coefficient (Wildman–Crippen LogP) is 4.43. The first-order valence-electron chi connectivity index (χ1n) is 7.26. The van der Waals surface area contributed by atoms with Crippen LogP contribution in [0.15, 0.2) is 59.5 Å². The third kappa shape index (κ3) is 5.43. The Bertz CT molecular complexity index is 946. The molecular formula is C16H14ClN3O2S3. The minimum Gasteiger partial charge on any atom is -0.257 e. The summed E-state index contributed by atoms with van der Waals surface area (Å²) in [5.74, 6) is 0.425. The first kappa shape index (κ1) is 18.2. The predicted molar refractivity (Wildman–Crippen MR) is 104 cm³/mol. The van der Waals surface area contributed by atoms with E-state index >= 15 is 0 Å². The van der Waals surface area contributed by atoms with Crippen LogP contribution in [0.25, 0.3) is 0 Å².